The third kappa shape index (κ3) is 4.59. The zero-order valence-electron chi connectivity index (χ0n) is 10.0. The summed E-state index contributed by atoms with van der Waals surface area (Å²) >= 11 is 0. The third-order valence-corrected chi connectivity index (χ3v) is 4.06. The lowest BCUT2D eigenvalue weighted by Gasteiger charge is -2.32. The second kappa shape index (κ2) is 6.32. The Morgan fingerprint density at radius 3 is 2.44 bits per heavy atom. The molecule has 2 N–H and O–H groups in total. The molecule has 1 heterocycles. The molecule has 1 fully saturated rings. The van der Waals surface area contributed by atoms with Gasteiger partial charge in [0.15, 0.2) is 0 Å². The van der Waals surface area contributed by atoms with Crippen LogP contribution in [0.15, 0.2) is 0 Å². The van der Waals surface area contributed by atoms with E-state index in [4.69, 9.17) is 5.73 Å². The topological polar surface area (TPSA) is 66.6 Å². The number of nitrogens with zero attached hydrogens (tertiary/aromatic N) is 2. The highest BCUT2D eigenvalue weighted by atomic mass is 32.2. The number of piperazine rings is 1. The maximum atomic E-state index is 11.8. The zero-order valence-corrected chi connectivity index (χ0v) is 10.8. The molecule has 94 valence electrons. The minimum absolute atomic E-state index is 0.00733. The van der Waals surface area contributed by atoms with Gasteiger partial charge in [0.05, 0.1) is 0 Å². The van der Waals surface area contributed by atoms with Crippen molar-refractivity contribution in [3.05, 3.63) is 0 Å². The molecule has 16 heavy (non-hydrogen) atoms. The highest BCUT2D eigenvalue weighted by molar-refractivity contribution is 7.85. The van der Waals surface area contributed by atoms with Crippen molar-refractivity contribution < 1.29 is 9.00 Å². The van der Waals surface area contributed by atoms with Gasteiger partial charge in [-0.05, 0) is 14.0 Å². The molecule has 0 aliphatic carbocycles. The summed E-state index contributed by atoms with van der Waals surface area (Å²) in [6, 6.07) is -0.110. The first kappa shape index (κ1) is 13.6. The Kier molecular flexibility index (Phi) is 5.37. The summed E-state index contributed by atoms with van der Waals surface area (Å²) in [6.07, 6.45) is 0. The molecule has 0 aromatic rings. The van der Waals surface area contributed by atoms with Gasteiger partial charge in [-0.25, -0.2) is 0 Å². The van der Waals surface area contributed by atoms with Gasteiger partial charge >= 0.3 is 0 Å². The van der Waals surface area contributed by atoms with E-state index in [1.807, 2.05) is 7.05 Å². The van der Waals surface area contributed by atoms with Crippen molar-refractivity contribution in [2.24, 2.45) is 5.73 Å². The molecule has 0 aromatic carbocycles. The predicted molar refractivity (Wildman–Crippen MR) is 65.6 cm³/mol. The highest BCUT2D eigenvalue weighted by Gasteiger charge is 2.20. The highest BCUT2D eigenvalue weighted by Crippen LogP contribution is 2.01. The Hall–Kier alpha value is -0.460. The fourth-order valence-electron chi connectivity index (χ4n) is 1.64. The lowest BCUT2D eigenvalue weighted by atomic mass is 10.3. The first-order chi connectivity index (χ1) is 7.49. The molecule has 1 aliphatic rings. The average molecular weight is 247 g/mol. The Morgan fingerprint density at radius 2 is 1.94 bits per heavy atom. The molecule has 1 saturated heterocycles. The Balaban J connectivity index is 2.32. The van der Waals surface area contributed by atoms with Crippen molar-refractivity contribution in [1.82, 2.24) is 9.80 Å². The number of nitrogens with two attached hydrogens (primary N) is 1. The fourth-order valence-corrected chi connectivity index (χ4v) is 2.80. The molecule has 0 radical (unpaired) electrons. The monoisotopic (exact) mass is 247 g/mol. The number of hydrogen-bond acceptors (Lipinski definition) is 4. The van der Waals surface area contributed by atoms with Crippen molar-refractivity contribution >= 4 is 16.7 Å². The van der Waals surface area contributed by atoms with Crippen molar-refractivity contribution in [3.63, 3.8) is 0 Å². The van der Waals surface area contributed by atoms with Crippen LogP contribution in [0.5, 0.6) is 0 Å². The lowest BCUT2D eigenvalue weighted by Crippen LogP contribution is -2.48. The molecule has 0 bridgehead atoms. The average Bonchev–Trinajstić information content (AvgIpc) is 2.16. The van der Waals surface area contributed by atoms with Gasteiger partial charge in [0.25, 0.3) is 0 Å². The van der Waals surface area contributed by atoms with Gasteiger partial charge in [0.2, 0.25) is 5.91 Å². The molecule has 1 amide bonds. The van der Waals surface area contributed by atoms with Crippen LogP contribution in [0.3, 0.4) is 0 Å². The molecule has 0 aromatic heterocycles. The van der Waals surface area contributed by atoms with Gasteiger partial charge in [0.1, 0.15) is 5.75 Å². The first-order valence-electron chi connectivity index (χ1n) is 5.56. The molecule has 1 rings (SSSR count). The Bertz CT molecular complexity index is 263. The summed E-state index contributed by atoms with van der Waals surface area (Å²) in [5, 5.41) is 0. The second-order valence-electron chi connectivity index (χ2n) is 4.41. The summed E-state index contributed by atoms with van der Waals surface area (Å²) in [4.78, 5) is 15.7. The summed E-state index contributed by atoms with van der Waals surface area (Å²) < 4.78 is 11.5. The number of rotatable bonds is 4. The minimum atomic E-state index is -1.12. The van der Waals surface area contributed by atoms with Gasteiger partial charge in [-0.2, -0.15) is 0 Å². The molecule has 1 aliphatic heterocycles. The number of likely N-dealkylation sites (N-methyl/N-ethyl adjacent to an activating group) is 1. The van der Waals surface area contributed by atoms with Crippen LogP contribution in [0, 0.1) is 0 Å². The molecule has 5 nitrogen and oxygen atoms in total. The number of hydrogen-bond donors (Lipinski definition) is 1. The molecule has 0 spiro atoms. The standard InChI is InChI=1S/C10H21N3O2S/c1-9(11)7-16(15)8-10(14)13-5-3-12(2)4-6-13/h9H,3-8,11H2,1-2H3. The van der Waals surface area contributed by atoms with E-state index in [0.717, 1.165) is 26.2 Å². The van der Waals surface area contributed by atoms with E-state index in [-0.39, 0.29) is 17.7 Å². The maximum Gasteiger partial charge on any atom is 0.235 e. The van der Waals surface area contributed by atoms with Crippen LogP contribution >= 0.6 is 0 Å². The van der Waals surface area contributed by atoms with E-state index in [9.17, 15) is 9.00 Å². The molecule has 2 atom stereocenters. The van der Waals surface area contributed by atoms with E-state index < -0.39 is 10.8 Å². The number of carbonyl (C=O) groups excluding carboxylic acids is 1. The normalized spacial score (nSPS) is 21.8. The summed E-state index contributed by atoms with van der Waals surface area (Å²) in [7, 11) is 0.917. The Labute approximate surface area is 99.4 Å². The van der Waals surface area contributed by atoms with E-state index in [1.54, 1.807) is 11.8 Å². The molecule has 0 saturated carbocycles. The van der Waals surface area contributed by atoms with E-state index in [0.29, 0.717) is 5.75 Å². The van der Waals surface area contributed by atoms with Crippen LogP contribution in [-0.4, -0.2) is 70.7 Å². The summed E-state index contributed by atoms with van der Waals surface area (Å²) in [5.41, 5.74) is 5.54. The summed E-state index contributed by atoms with van der Waals surface area (Å²) in [6.45, 7) is 5.07. The number of amides is 1. The van der Waals surface area contributed by atoms with Crippen LogP contribution in [-0.2, 0) is 15.6 Å². The molecule has 6 heteroatoms. The number of carbonyl (C=O) groups is 1. The first-order valence-corrected chi connectivity index (χ1v) is 7.04. The van der Waals surface area contributed by atoms with Crippen molar-refractivity contribution in [1.29, 1.82) is 0 Å². The molecule has 2 unspecified atom stereocenters. The maximum absolute atomic E-state index is 11.8. The van der Waals surface area contributed by atoms with Gasteiger partial charge < -0.3 is 15.5 Å². The quantitative estimate of drug-likeness (QED) is 0.682. The van der Waals surface area contributed by atoms with E-state index in [1.165, 1.54) is 0 Å². The van der Waals surface area contributed by atoms with Crippen LogP contribution < -0.4 is 5.73 Å². The zero-order chi connectivity index (χ0) is 12.1. The molecular formula is C10H21N3O2S. The van der Waals surface area contributed by atoms with Crippen molar-refractivity contribution in [2.45, 2.75) is 13.0 Å². The van der Waals surface area contributed by atoms with Gasteiger partial charge in [0, 0.05) is 48.8 Å². The van der Waals surface area contributed by atoms with Gasteiger partial charge in [-0.3, -0.25) is 9.00 Å². The van der Waals surface area contributed by atoms with Crippen molar-refractivity contribution in [2.75, 3.05) is 44.7 Å². The Morgan fingerprint density at radius 1 is 1.38 bits per heavy atom. The second-order valence-corrected chi connectivity index (χ2v) is 5.91. The predicted octanol–water partition coefficient (Wildman–Crippen LogP) is -1.14. The van der Waals surface area contributed by atoms with Crippen LogP contribution in [0.25, 0.3) is 0 Å². The largest absolute Gasteiger partial charge is 0.339 e. The van der Waals surface area contributed by atoms with Crippen molar-refractivity contribution in [3.8, 4) is 0 Å². The van der Waals surface area contributed by atoms with Gasteiger partial charge in [-0.15, -0.1) is 0 Å². The van der Waals surface area contributed by atoms with Crippen LogP contribution in [0.1, 0.15) is 6.92 Å². The van der Waals surface area contributed by atoms with E-state index >= 15 is 0 Å². The minimum Gasteiger partial charge on any atom is -0.339 e. The van der Waals surface area contributed by atoms with Crippen LogP contribution in [0.4, 0.5) is 0 Å². The van der Waals surface area contributed by atoms with E-state index in [2.05, 4.69) is 4.90 Å². The summed E-state index contributed by atoms with van der Waals surface area (Å²) in [5.74, 6) is 0.511. The van der Waals surface area contributed by atoms with Crippen LogP contribution in [0.2, 0.25) is 0 Å². The third-order valence-electron chi connectivity index (χ3n) is 2.59. The lowest BCUT2D eigenvalue weighted by molar-refractivity contribution is -0.129. The van der Waals surface area contributed by atoms with Gasteiger partial charge in [-0.1, -0.05) is 0 Å². The smallest absolute Gasteiger partial charge is 0.235 e. The molecular weight excluding hydrogens is 226 g/mol. The SMILES string of the molecule is CC(N)CS(=O)CC(=O)N1CCN(C)CC1. The fraction of sp³-hybridized carbons (Fsp3) is 0.900.